The van der Waals surface area contributed by atoms with Crippen LogP contribution in [0.25, 0.3) is 0 Å². The first-order valence-corrected chi connectivity index (χ1v) is 8.92. The molecular weight excluding hydrogens is 338 g/mol. The van der Waals surface area contributed by atoms with Crippen LogP contribution >= 0.6 is 17.0 Å². The number of likely N-dealkylation sites (tertiary alicyclic amines) is 1. The molecule has 0 bridgehead atoms. The highest BCUT2D eigenvalue weighted by Crippen LogP contribution is 2.28. The summed E-state index contributed by atoms with van der Waals surface area (Å²) in [4.78, 5) is 2.93. The molecule has 20 heavy (non-hydrogen) atoms. The van der Waals surface area contributed by atoms with Crippen LogP contribution in [0.2, 0.25) is 0 Å². The second-order valence-electron chi connectivity index (χ2n) is 5.48. The third-order valence-corrected chi connectivity index (χ3v) is 4.91. The normalized spacial score (nSPS) is 20.4. The fraction of sp³-hybridized carbons (Fsp3) is 0.600. The molecule has 1 aliphatic heterocycles. The summed E-state index contributed by atoms with van der Waals surface area (Å²) < 4.78 is 23.2. The molecule has 3 nitrogen and oxygen atoms in total. The van der Waals surface area contributed by atoms with Crippen LogP contribution in [0.4, 0.5) is 0 Å². The zero-order valence-electron chi connectivity index (χ0n) is 12.2. The Morgan fingerprint density at radius 1 is 1.35 bits per heavy atom. The third kappa shape index (κ3) is 4.57. The average molecular weight is 362 g/mol. The van der Waals surface area contributed by atoms with Crippen molar-refractivity contribution >= 4 is 26.8 Å². The summed E-state index contributed by atoms with van der Waals surface area (Å²) in [5, 5.41) is 0. The highest BCUT2D eigenvalue weighted by atomic mass is 79.9. The van der Waals surface area contributed by atoms with Crippen LogP contribution in [0.15, 0.2) is 29.2 Å². The lowest BCUT2D eigenvalue weighted by molar-refractivity contribution is 0.208. The van der Waals surface area contributed by atoms with Crippen LogP contribution in [0.3, 0.4) is 0 Å². The first-order chi connectivity index (χ1) is 9.00. The smallest absolute Gasteiger partial charge is 0.175 e. The molecule has 0 saturated carbocycles. The molecule has 1 aromatic rings. The van der Waals surface area contributed by atoms with Crippen molar-refractivity contribution in [1.82, 2.24) is 4.90 Å². The van der Waals surface area contributed by atoms with Gasteiger partial charge >= 0.3 is 0 Å². The van der Waals surface area contributed by atoms with Crippen molar-refractivity contribution in [2.45, 2.75) is 37.0 Å². The molecule has 0 aliphatic carbocycles. The Balaban J connectivity index is 0.00000200. The lowest BCUT2D eigenvalue weighted by Gasteiger charge is -2.32. The van der Waals surface area contributed by atoms with Gasteiger partial charge in [0, 0.05) is 12.8 Å². The van der Waals surface area contributed by atoms with E-state index in [2.05, 4.69) is 17.9 Å². The molecule has 1 atom stereocenters. The molecule has 0 amide bonds. The van der Waals surface area contributed by atoms with Gasteiger partial charge in [0.15, 0.2) is 9.84 Å². The molecule has 1 heterocycles. The average Bonchev–Trinajstić information content (AvgIpc) is 2.39. The van der Waals surface area contributed by atoms with Crippen LogP contribution < -0.4 is 0 Å². The third-order valence-electron chi connectivity index (χ3n) is 3.80. The molecule has 0 radical (unpaired) electrons. The van der Waals surface area contributed by atoms with Gasteiger partial charge in [0.05, 0.1) is 4.90 Å². The van der Waals surface area contributed by atoms with Gasteiger partial charge in [-0.25, -0.2) is 8.42 Å². The van der Waals surface area contributed by atoms with E-state index in [1.807, 2.05) is 12.1 Å². The van der Waals surface area contributed by atoms with Crippen LogP contribution in [-0.4, -0.2) is 39.2 Å². The number of benzene rings is 1. The second-order valence-corrected chi connectivity index (χ2v) is 7.50. The summed E-state index contributed by atoms with van der Waals surface area (Å²) in [6.45, 7) is 5.58. The van der Waals surface area contributed by atoms with Gasteiger partial charge in [0.2, 0.25) is 0 Å². The summed E-state index contributed by atoms with van der Waals surface area (Å²) in [6, 6.07) is 7.47. The van der Waals surface area contributed by atoms with Gasteiger partial charge in [-0.3, -0.25) is 0 Å². The van der Waals surface area contributed by atoms with E-state index >= 15 is 0 Å². The number of nitrogens with zero attached hydrogens (tertiary/aromatic N) is 1. The van der Waals surface area contributed by atoms with Crippen LogP contribution in [0, 0.1) is 0 Å². The first kappa shape index (κ1) is 17.7. The first-order valence-electron chi connectivity index (χ1n) is 7.03. The molecule has 1 unspecified atom stereocenters. The maximum absolute atomic E-state index is 11.6. The Morgan fingerprint density at radius 3 is 2.75 bits per heavy atom. The summed E-state index contributed by atoms with van der Waals surface area (Å²) in [7, 11) is -3.10. The van der Waals surface area contributed by atoms with Gasteiger partial charge < -0.3 is 4.90 Å². The number of sulfone groups is 1. The van der Waals surface area contributed by atoms with Gasteiger partial charge in [-0.05, 0) is 56.0 Å². The SMILES string of the molecule is Br.CCCN1CCCC(c2cccc(S(C)(=O)=O)c2)C1. The Morgan fingerprint density at radius 2 is 2.10 bits per heavy atom. The quantitative estimate of drug-likeness (QED) is 0.825. The fourth-order valence-corrected chi connectivity index (χ4v) is 3.52. The zero-order chi connectivity index (χ0) is 13.9. The maximum atomic E-state index is 11.6. The summed E-state index contributed by atoms with van der Waals surface area (Å²) in [5.74, 6) is 0.474. The van der Waals surface area contributed by atoms with Crippen molar-refractivity contribution in [3.63, 3.8) is 0 Å². The molecule has 114 valence electrons. The monoisotopic (exact) mass is 361 g/mol. The van der Waals surface area contributed by atoms with Gasteiger partial charge in [-0.1, -0.05) is 19.1 Å². The Kier molecular flexibility index (Phi) is 6.69. The molecule has 5 heteroatoms. The van der Waals surface area contributed by atoms with Crippen molar-refractivity contribution in [3.8, 4) is 0 Å². The molecule has 2 rings (SSSR count). The minimum Gasteiger partial charge on any atom is -0.303 e. The Bertz CT molecular complexity index is 528. The van der Waals surface area contributed by atoms with E-state index in [1.54, 1.807) is 6.07 Å². The predicted octanol–water partition coefficient (Wildman–Crippen LogP) is 3.26. The number of piperidine rings is 1. The molecule has 0 aromatic heterocycles. The van der Waals surface area contributed by atoms with Gasteiger partial charge in [-0.2, -0.15) is 0 Å². The second kappa shape index (κ2) is 7.57. The minimum atomic E-state index is -3.10. The topological polar surface area (TPSA) is 37.4 Å². The number of hydrogen-bond acceptors (Lipinski definition) is 3. The standard InChI is InChI=1S/C15H23NO2S.BrH/c1-3-9-16-10-5-7-14(12-16)13-6-4-8-15(11-13)19(2,17)18;/h4,6,8,11,14H,3,5,7,9-10,12H2,1-2H3;1H. The van der Waals surface area contributed by atoms with Crippen molar-refractivity contribution in [2.75, 3.05) is 25.9 Å². The molecule has 1 aromatic carbocycles. The van der Waals surface area contributed by atoms with E-state index in [0.717, 1.165) is 19.5 Å². The summed E-state index contributed by atoms with van der Waals surface area (Å²) >= 11 is 0. The molecule has 1 aliphatic rings. The van der Waals surface area contributed by atoms with Crippen LogP contribution in [-0.2, 0) is 9.84 Å². The molecule has 1 fully saturated rings. The summed E-state index contributed by atoms with van der Waals surface area (Å²) in [6.07, 6.45) is 4.81. The van der Waals surface area contributed by atoms with Gasteiger partial charge in [0.1, 0.15) is 0 Å². The van der Waals surface area contributed by atoms with E-state index in [9.17, 15) is 8.42 Å². The van der Waals surface area contributed by atoms with E-state index in [1.165, 1.54) is 31.2 Å². The van der Waals surface area contributed by atoms with E-state index in [0.29, 0.717) is 10.8 Å². The largest absolute Gasteiger partial charge is 0.303 e. The number of rotatable bonds is 4. The summed E-state index contributed by atoms with van der Waals surface area (Å²) in [5.41, 5.74) is 1.17. The molecule has 1 saturated heterocycles. The highest BCUT2D eigenvalue weighted by Gasteiger charge is 2.21. The van der Waals surface area contributed by atoms with Gasteiger partial charge in [0.25, 0.3) is 0 Å². The highest BCUT2D eigenvalue weighted by molar-refractivity contribution is 8.93. The van der Waals surface area contributed by atoms with E-state index in [-0.39, 0.29) is 17.0 Å². The molecule has 0 N–H and O–H groups in total. The van der Waals surface area contributed by atoms with E-state index < -0.39 is 9.84 Å². The number of halogens is 1. The lowest BCUT2D eigenvalue weighted by Crippen LogP contribution is -2.34. The van der Waals surface area contributed by atoms with Crippen molar-refractivity contribution in [2.24, 2.45) is 0 Å². The van der Waals surface area contributed by atoms with Gasteiger partial charge in [-0.15, -0.1) is 17.0 Å². The Hall–Kier alpha value is -0.390. The van der Waals surface area contributed by atoms with Crippen LogP contribution in [0.1, 0.15) is 37.7 Å². The Labute approximate surface area is 133 Å². The predicted molar refractivity (Wildman–Crippen MR) is 88.6 cm³/mol. The van der Waals surface area contributed by atoms with Crippen molar-refractivity contribution in [3.05, 3.63) is 29.8 Å². The molecular formula is C15H24BrNO2S. The van der Waals surface area contributed by atoms with Crippen molar-refractivity contribution < 1.29 is 8.42 Å². The number of hydrogen-bond donors (Lipinski definition) is 0. The fourth-order valence-electron chi connectivity index (χ4n) is 2.85. The molecule has 0 spiro atoms. The van der Waals surface area contributed by atoms with Crippen LogP contribution in [0.5, 0.6) is 0 Å². The zero-order valence-corrected chi connectivity index (χ0v) is 14.7. The van der Waals surface area contributed by atoms with Crippen molar-refractivity contribution in [1.29, 1.82) is 0 Å². The maximum Gasteiger partial charge on any atom is 0.175 e. The van der Waals surface area contributed by atoms with E-state index in [4.69, 9.17) is 0 Å². The lowest BCUT2D eigenvalue weighted by atomic mass is 9.90. The minimum absolute atomic E-state index is 0.